The molecule has 0 bridgehead atoms. The average molecular weight is 363 g/mol. The number of aromatic nitrogens is 3. The second kappa shape index (κ2) is 7.38. The van der Waals surface area contributed by atoms with E-state index in [9.17, 15) is 10.4 Å². The van der Waals surface area contributed by atoms with Crippen LogP contribution in [0.15, 0.2) is 30.5 Å². The first-order valence-electron chi connectivity index (χ1n) is 8.60. The molecule has 0 unspecified atom stereocenters. The molecule has 0 aliphatic carbocycles. The summed E-state index contributed by atoms with van der Waals surface area (Å²) in [5, 5.41) is 23.9. The molecule has 7 heteroatoms. The van der Waals surface area contributed by atoms with Crippen LogP contribution < -0.4 is 10.5 Å². The zero-order valence-electron chi connectivity index (χ0n) is 15.5. The van der Waals surface area contributed by atoms with Crippen LogP contribution in [0.25, 0.3) is 22.4 Å². The Morgan fingerprint density at radius 2 is 2.07 bits per heavy atom. The third-order valence-electron chi connectivity index (χ3n) is 4.32. The van der Waals surface area contributed by atoms with Crippen molar-refractivity contribution in [1.29, 1.82) is 5.26 Å². The van der Waals surface area contributed by atoms with Gasteiger partial charge in [-0.1, -0.05) is 13.0 Å². The summed E-state index contributed by atoms with van der Waals surface area (Å²) < 4.78 is 7.06. The van der Waals surface area contributed by atoms with E-state index in [-0.39, 0.29) is 17.1 Å². The molecule has 0 radical (unpaired) electrons. The summed E-state index contributed by atoms with van der Waals surface area (Å²) in [6, 6.07) is 8.85. The lowest BCUT2D eigenvalue weighted by Crippen LogP contribution is -2.00. The minimum absolute atomic E-state index is 0.0266. The summed E-state index contributed by atoms with van der Waals surface area (Å²) in [6.45, 7) is 4.82. The van der Waals surface area contributed by atoms with Crippen LogP contribution >= 0.6 is 0 Å². The zero-order valence-corrected chi connectivity index (χ0v) is 15.5. The van der Waals surface area contributed by atoms with E-state index < -0.39 is 0 Å². The van der Waals surface area contributed by atoms with Gasteiger partial charge in [-0.3, -0.25) is 4.68 Å². The number of methoxy groups -OCH3 is 1. The average Bonchev–Trinajstić information content (AvgIpc) is 3.02. The van der Waals surface area contributed by atoms with Crippen molar-refractivity contribution in [2.24, 2.45) is 0 Å². The Kier molecular flexibility index (Phi) is 4.99. The van der Waals surface area contributed by atoms with Gasteiger partial charge in [0.25, 0.3) is 0 Å². The van der Waals surface area contributed by atoms with Gasteiger partial charge >= 0.3 is 0 Å². The molecule has 0 saturated carbocycles. The number of phenolic OH excluding ortho intramolecular Hbond substituents is 1. The lowest BCUT2D eigenvalue weighted by molar-refractivity contribution is 0.373. The number of nitrogen functional groups attached to an aromatic ring is 1. The maximum atomic E-state index is 9.85. The van der Waals surface area contributed by atoms with E-state index in [4.69, 9.17) is 10.5 Å². The molecule has 3 rings (SSSR count). The maximum absolute atomic E-state index is 9.85. The van der Waals surface area contributed by atoms with Crippen LogP contribution in [-0.4, -0.2) is 27.0 Å². The number of rotatable bonds is 5. The van der Waals surface area contributed by atoms with Gasteiger partial charge < -0.3 is 15.6 Å². The molecule has 0 spiro atoms. The number of hydrogen-bond acceptors (Lipinski definition) is 6. The number of aryl methyl sites for hydroxylation is 2. The number of nitrogens with zero attached hydrogens (tertiary/aromatic N) is 4. The van der Waals surface area contributed by atoms with Crippen LogP contribution in [0.5, 0.6) is 11.5 Å². The predicted molar refractivity (Wildman–Crippen MR) is 103 cm³/mol. The molecule has 0 aliphatic heterocycles. The van der Waals surface area contributed by atoms with Crippen LogP contribution in [0, 0.1) is 18.3 Å². The van der Waals surface area contributed by atoms with E-state index >= 15 is 0 Å². The Morgan fingerprint density at radius 1 is 1.30 bits per heavy atom. The second-order valence-electron chi connectivity index (χ2n) is 6.20. The second-order valence-corrected chi connectivity index (χ2v) is 6.20. The standard InChI is InChI=1S/C20H21N5O2/c1-4-7-25-11-16(12(2)24-25)17-9-14(15(10-21)20(22)23-17)13-5-6-18(26)19(8-13)27-3/h5-6,8-9,11,26H,4,7H2,1-3H3,(H2,22,23). The smallest absolute Gasteiger partial charge is 0.161 e. The van der Waals surface area contributed by atoms with Gasteiger partial charge in [-0.15, -0.1) is 0 Å². The third-order valence-corrected chi connectivity index (χ3v) is 4.32. The van der Waals surface area contributed by atoms with Crippen LogP contribution in [0.1, 0.15) is 24.6 Å². The molecule has 0 fully saturated rings. The normalized spacial score (nSPS) is 10.6. The van der Waals surface area contributed by atoms with E-state index in [2.05, 4.69) is 23.1 Å². The van der Waals surface area contributed by atoms with Crippen molar-refractivity contribution >= 4 is 5.82 Å². The van der Waals surface area contributed by atoms with Crippen molar-refractivity contribution in [3.8, 4) is 40.0 Å². The quantitative estimate of drug-likeness (QED) is 0.718. The van der Waals surface area contributed by atoms with Gasteiger partial charge in [0.1, 0.15) is 17.5 Å². The molecule has 2 aromatic heterocycles. The van der Waals surface area contributed by atoms with E-state index in [0.717, 1.165) is 24.2 Å². The number of phenols is 1. The highest BCUT2D eigenvalue weighted by atomic mass is 16.5. The van der Waals surface area contributed by atoms with Gasteiger partial charge in [0.15, 0.2) is 11.5 Å². The van der Waals surface area contributed by atoms with Gasteiger partial charge in [-0.25, -0.2) is 4.98 Å². The first-order valence-corrected chi connectivity index (χ1v) is 8.60. The molecular weight excluding hydrogens is 342 g/mol. The molecule has 0 atom stereocenters. The Labute approximate surface area is 157 Å². The van der Waals surface area contributed by atoms with Crippen LogP contribution in [0.3, 0.4) is 0 Å². The molecule has 3 aromatic rings. The van der Waals surface area contributed by atoms with Crippen molar-refractivity contribution in [2.75, 3.05) is 12.8 Å². The molecule has 27 heavy (non-hydrogen) atoms. The fourth-order valence-electron chi connectivity index (χ4n) is 3.01. The van der Waals surface area contributed by atoms with Crippen molar-refractivity contribution in [3.05, 3.63) is 41.7 Å². The number of nitriles is 1. The van der Waals surface area contributed by atoms with Crippen LogP contribution in [0.2, 0.25) is 0 Å². The summed E-state index contributed by atoms with van der Waals surface area (Å²) in [6.07, 6.45) is 2.91. The van der Waals surface area contributed by atoms with E-state index in [1.807, 2.05) is 23.9 Å². The minimum atomic E-state index is 0.0266. The molecule has 0 amide bonds. The number of benzene rings is 1. The van der Waals surface area contributed by atoms with E-state index in [0.29, 0.717) is 22.6 Å². The monoisotopic (exact) mass is 363 g/mol. The maximum Gasteiger partial charge on any atom is 0.161 e. The Hall–Kier alpha value is -3.53. The van der Waals surface area contributed by atoms with E-state index in [1.54, 1.807) is 12.1 Å². The first-order chi connectivity index (χ1) is 13.0. The highest BCUT2D eigenvalue weighted by Gasteiger charge is 2.17. The minimum Gasteiger partial charge on any atom is -0.504 e. The summed E-state index contributed by atoms with van der Waals surface area (Å²) in [4.78, 5) is 4.42. The number of hydrogen-bond donors (Lipinski definition) is 2. The lowest BCUT2D eigenvalue weighted by atomic mass is 9.98. The largest absolute Gasteiger partial charge is 0.504 e. The van der Waals surface area contributed by atoms with Gasteiger partial charge in [0.2, 0.25) is 0 Å². The number of ether oxygens (including phenoxy) is 1. The number of anilines is 1. The molecule has 0 saturated heterocycles. The first kappa shape index (κ1) is 18.3. The number of nitrogens with two attached hydrogens (primary N) is 1. The Bertz CT molecular complexity index is 1030. The summed E-state index contributed by atoms with van der Waals surface area (Å²) in [7, 11) is 1.47. The van der Waals surface area contributed by atoms with Crippen molar-refractivity contribution in [2.45, 2.75) is 26.8 Å². The fourth-order valence-corrected chi connectivity index (χ4v) is 3.01. The predicted octanol–water partition coefficient (Wildman–Crippen LogP) is 3.50. The van der Waals surface area contributed by atoms with Crippen LogP contribution in [-0.2, 0) is 6.54 Å². The summed E-state index contributed by atoms with van der Waals surface area (Å²) >= 11 is 0. The van der Waals surface area contributed by atoms with E-state index in [1.165, 1.54) is 13.2 Å². The summed E-state index contributed by atoms with van der Waals surface area (Å²) in [5.41, 5.74) is 10.1. The molecule has 1 aromatic carbocycles. The fraction of sp³-hybridized carbons (Fsp3) is 0.250. The zero-order chi connectivity index (χ0) is 19.6. The Balaban J connectivity index is 2.19. The SMILES string of the molecule is CCCn1cc(-c2cc(-c3ccc(O)c(OC)c3)c(C#N)c(N)n2)c(C)n1. The van der Waals surface area contributed by atoms with Crippen molar-refractivity contribution in [3.63, 3.8) is 0 Å². The molecule has 3 N–H and O–H groups in total. The highest BCUT2D eigenvalue weighted by molar-refractivity contribution is 5.81. The van der Waals surface area contributed by atoms with Gasteiger partial charge in [0.05, 0.1) is 18.5 Å². The van der Waals surface area contributed by atoms with Gasteiger partial charge in [-0.2, -0.15) is 10.4 Å². The molecule has 2 heterocycles. The number of aromatic hydroxyl groups is 1. The molecule has 7 nitrogen and oxygen atoms in total. The number of pyridine rings is 1. The van der Waals surface area contributed by atoms with Gasteiger partial charge in [0, 0.05) is 23.9 Å². The summed E-state index contributed by atoms with van der Waals surface area (Å²) in [5.74, 6) is 0.499. The van der Waals surface area contributed by atoms with Crippen molar-refractivity contribution < 1.29 is 9.84 Å². The molecule has 0 aliphatic rings. The topological polar surface area (TPSA) is 110 Å². The third kappa shape index (κ3) is 3.42. The lowest BCUT2D eigenvalue weighted by Gasteiger charge is -2.11. The van der Waals surface area contributed by atoms with Crippen LogP contribution in [0.4, 0.5) is 5.82 Å². The Morgan fingerprint density at radius 3 is 2.74 bits per heavy atom. The highest BCUT2D eigenvalue weighted by Crippen LogP contribution is 2.36. The van der Waals surface area contributed by atoms with Gasteiger partial charge in [-0.05, 0) is 37.1 Å². The van der Waals surface area contributed by atoms with Crippen molar-refractivity contribution in [1.82, 2.24) is 14.8 Å². The molecule has 138 valence electrons. The molecular formula is C20H21N5O2.